The molecule has 108 valence electrons. The Labute approximate surface area is 123 Å². The van der Waals surface area contributed by atoms with E-state index in [1.165, 1.54) is 0 Å². The van der Waals surface area contributed by atoms with E-state index in [0.29, 0.717) is 18.7 Å². The topological polar surface area (TPSA) is 51.7 Å². The number of fused-ring (bicyclic) bond motifs is 1. The molecule has 2 aromatic rings. The molecule has 1 amide bonds. The third-order valence-electron chi connectivity index (χ3n) is 3.36. The summed E-state index contributed by atoms with van der Waals surface area (Å²) in [7, 11) is 1.79. The first-order valence-electron chi connectivity index (χ1n) is 6.74. The lowest BCUT2D eigenvalue weighted by atomic mass is 10.1. The summed E-state index contributed by atoms with van der Waals surface area (Å²) in [5, 5.41) is 0. The SMILES string of the molecule is CN(Cc1cccnc1)C(=O)Cc1ccc2c(c1)OCO2. The van der Waals surface area contributed by atoms with Crippen molar-refractivity contribution >= 4 is 5.91 Å². The monoisotopic (exact) mass is 284 g/mol. The fraction of sp³-hybridized carbons (Fsp3) is 0.250. The zero-order chi connectivity index (χ0) is 14.7. The molecule has 2 heterocycles. The number of rotatable bonds is 4. The van der Waals surface area contributed by atoms with Gasteiger partial charge in [-0.1, -0.05) is 12.1 Å². The lowest BCUT2D eigenvalue weighted by Gasteiger charge is -2.17. The van der Waals surface area contributed by atoms with Crippen LogP contribution in [0.1, 0.15) is 11.1 Å². The van der Waals surface area contributed by atoms with Gasteiger partial charge in [0, 0.05) is 26.0 Å². The highest BCUT2D eigenvalue weighted by atomic mass is 16.7. The van der Waals surface area contributed by atoms with Crippen molar-refractivity contribution in [1.29, 1.82) is 0 Å². The zero-order valence-corrected chi connectivity index (χ0v) is 11.8. The third kappa shape index (κ3) is 3.13. The minimum absolute atomic E-state index is 0.0534. The Bertz CT molecular complexity index is 643. The number of amides is 1. The molecule has 0 saturated carbocycles. The van der Waals surface area contributed by atoms with Gasteiger partial charge in [0.1, 0.15) is 0 Å². The molecule has 0 atom stereocenters. The summed E-state index contributed by atoms with van der Waals surface area (Å²) in [6.07, 6.45) is 3.83. The van der Waals surface area contributed by atoms with Crippen molar-refractivity contribution in [2.45, 2.75) is 13.0 Å². The number of carbonyl (C=O) groups excluding carboxylic acids is 1. The molecule has 0 bridgehead atoms. The minimum atomic E-state index is 0.0534. The van der Waals surface area contributed by atoms with Crippen molar-refractivity contribution in [3.63, 3.8) is 0 Å². The van der Waals surface area contributed by atoms with Crippen molar-refractivity contribution in [2.75, 3.05) is 13.8 Å². The van der Waals surface area contributed by atoms with Crippen LogP contribution in [0.15, 0.2) is 42.7 Å². The molecule has 21 heavy (non-hydrogen) atoms. The van der Waals surface area contributed by atoms with Crippen molar-refractivity contribution < 1.29 is 14.3 Å². The molecule has 1 aromatic carbocycles. The Morgan fingerprint density at radius 1 is 1.24 bits per heavy atom. The van der Waals surface area contributed by atoms with E-state index in [9.17, 15) is 4.79 Å². The van der Waals surface area contributed by atoms with Gasteiger partial charge in [-0.15, -0.1) is 0 Å². The van der Waals surface area contributed by atoms with E-state index in [1.807, 2.05) is 30.3 Å². The average molecular weight is 284 g/mol. The summed E-state index contributed by atoms with van der Waals surface area (Å²) in [6.45, 7) is 0.796. The van der Waals surface area contributed by atoms with Gasteiger partial charge in [0.05, 0.1) is 6.42 Å². The lowest BCUT2D eigenvalue weighted by molar-refractivity contribution is -0.129. The van der Waals surface area contributed by atoms with Crippen LogP contribution in [0.3, 0.4) is 0 Å². The fourth-order valence-corrected chi connectivity index (χ4v) is 2.21. The highest BCUT2D eigenvalue weighted by molar-refractivity contribution is 5.78. The molecule has 0 saturated heterocycles. The van der Waals surface area contributed by atoms with E-state index < -0.39 is 0 Å². The Hall–Kier alpha value is -2.56. The van der Waals surface area contributed by atoms with E-state index in [4.69, 9.17) is 9.47 Å². The second kappa shape index (κ2) is 5.83. The number of hydrogen-bond acceptors (Lipinski definition) is 4. The van der Waals surface area contributed by atoms with Crippen LogP contribution in [-0.4, -0.2) is 29.6 Å². The summed E-state index contributed by atoms with van der Waals surface area (Å²) in [6, 6.07) is 9.41. The lowest BCUT2D eigenvalue weighted by Crippen LogP contribution is -2.27. The maximum atomic E-state index is 12.3. The van der Waals surface area contributed by atoms with E-state index >= 15 is 0 Å². The van der Waals surface area contributed by atoms with Crippen LogP contribution < -0.4 is 9.47 Å². The molecule has 0 radical (unpaired) electrons. The van der Waals surface area contributed by atoms with Gasteiger partial charge in [-0.3, -0.25) is 9.78 Å². The fourth-order valence-electron chi connectivity index (χ4n) is 2.21. The first kappa shape index (κ1) is 13.4. The molecule has 1 aromatic heterocycles. The Balaban J connectivity index is 1.63. The van der Waals surface area contributed by atoms with Crippen molar-refractivity contribution in [1.82, 2.24) is 9.88 Å². The highest BCUT2D eigenvalue weighted by Gasteiger charge is 2.16. The maximum Gasteiger partial charge on any atom is 0.231 e. The molecular formula is C16H16N2O3. The van der Waals surface area contributed by atoms with Crippen molar-refractivity contribution in [3.05, 3.63) is 53.9 Å². The molecule has 1 aliphatic rings. The number of benzene rings is 1. The number of likely N-dealkylation sites (N-methyl/N-ethyl adjacent to an activating group) is 1. The van der Waals surface area contributed by atoms with Gasteiger partial charge in [0.25, 0.3) is 0 Å². The molecule has 0 spiro atoms. The molecule has 5 nitrogen and oxygen atoms in total. The van der Waals surface area contributed by atoms with Crippen LogP contribution in [0.5, 0.6) is 11.5 Å². The van der Waals surface area contributed by atoms with E-state index in [0.717, 1.165) is 16.9 Å². The third-order valence-corrected chi connectivity index (χ3v) is 3.36. The Morgan fingerprint density at radius 3 is 2.90 bits per heavy atom. The van der Waals surface area contributed by atoms with Crippen LogP contribution in [0.25, 0.3) is 0 Å². The van der Waals surface area contributed by atoms with Crippen molar-refractivity contribution in [3.8, 4) is 11.5 Å². The summed E-state index contributed by atoms with van der Waals surface area (Å²) in [4.78, 5) is 18.0. The zero-order valence-electron chi connectivity index (χ0n) is 11.8. The molecule has 0 fully saturated rings. The summed E-state index contributed by atoms with van der Waals surface area (Å²) in [5.41, 5.74) is 1.93. The standard InChI is InChI=1S/C16H16N2O3/c1-18(10-13-3-2-6-17-9-13)16(19)8-12-4-5-14-15(7-12)21-11-20-14/h2-7,9H,8,10-11H2,1H3. The molecule has 5 heteroatoms. The summed E-state index contributed by atoms with van der Waals surface area (Å²) in [5.74, 6) is 1.49. The molecule has 3 rings (SSSR count). The van der Waals surface area contributed by atoms with E-state index in [-0.39, 0.29) is 12.7 Å². The van der Waals surface area contributed by atoms with Crippen LogP contribution in [0.4, 0.5) is 0 Å². The molecule has 1 aliphatic heterocycles. The quantitative estimate of drug-likeness (QED) is 0.862. The first-order valence-corrected chi connectivity index (χ1v) is 6.74. The molecule has 0 aliphatic carbocycles. The predicted octanol–water partition coefficient (Wildman–Crippen LogP) is 2.01. The van der Waals surface area contributed by atoms with Gasteiger partial charge in [-0.05, 0) is 29.3 Å². The summed E-state index contributed by atoms with van der Waals surface area (Å²) >= 11 is 0. The smallest absolute Gasteiger partial charge is 0.231 e. The number of pyridine rings is 1. The largest absolute Gasteiger partial charge is 0.454 e. The second-order valence-electron chi connectivity index (χ2n) is 4.98. The molecular weight excluding hydrogens is 268 g/mol. The number of aromatic nitrogens is 1. The molecule has 0 unspecified atom stereocenters. The van der Waals surface area contributed by atoms with Crippen LogP contribution >= 0.6 is 0 Å². The predicted molar refractivity (Wildman–Crippen MR) is 77.0 cm³/mol. The summed E-state index contributed by atoms with van der Waals surface area (Å²) < 4.78 is 10.6. The number of ether oxygens (including phenoxy) is 2. The van der Waals surface area contributed by atoms with Gasteiger partial charge in [0.2, 0.25) is 12.7 Å². The van der Waals surface area contributed by atoms with Gasteiger partial charge >= 0.3 is 0 Å². The highest BCUT2D eigenvalue weighted by Crippen LogP contribution is 2.32. The second-order valence-corrected chi connectivity index (χ2v) is 4.98. The Morgan fingerprint density at radius 2 is 2.10 bits per heavy atom. The van der Waals surface area contributed by atoms with E-state index in [1.54, 1.807) is 24.3 Å². The number of hydrogen-bond donors (Lipinski definition) is 0. The van der Waals surface area contributed by atoms with E-state index in [2.05, 4.69) is 4.98 Å². The van der Waals surface area contributed by atoms with Gasteiger partial charge in [-0.2, -0.15) is 0 Å². The molecule has 0 N–H and O–H groups in total. The number of nitrogens with zero attached hydrogens (tertiary/aromatic N) is 2. The normalized spacial score (nSPS) is 12.2. The Kier molecular flexibility index (Phi) is 3.73. The minimum Gasteiger partial charge on any atom is -0.454 e. The van der Waals surface area contributed by atoms with Crippen LogP contribution in [0, 0.1) is 0 Å². The van der Waals surface area contributed by atoms with Gasteiger partial charge in [-0.25, -0.2) is 0 Å². The van der Waals surface area contributed by atoms with Crippen LogP contribution in [-0.2, 0) is 17.8 Å². The maximum absolute atomic E-state index is 12.3. The first-order chi connectivity index (χ1) is 10.2. The van der Waals surface area contributed by atoms with Gasteiger partial charge < -0.3 is 14.4 Å². The van der Waals surface area contributed by atoms with Gasteiger partial charge in [0.15, 0.2) is 11.5 Å². The van der Waals surface area contributed by atoms with Crippen molar-refractivity contribution in [2.24, 2.45) is 0 Å². The van der Waals surface area contributed by atoms with Crippen LogP contribution in [0.2, 0.25) is 0 Å². The average Bonchev–Trinajstić information content (AvgIpc) is 2.95. The number of carbonyl (C=O) groups is 1.